The largest absolute Gasteiger partial charge is 0.496 e. The molecule has 7 heteroatoms. The van der Waals surface area contributed by atoms with Crippen LogP contribution in [0.3, 0.4) is 0 Å². The molecule has 0 saturated heterocycles. The van der Waals surface area contributed by atoms with Gasteiger partial charge in [-0.15, -0.1) is 0 Å². The number of halogens is 1. The van der Waals surface area contributed by atoms with Gasteiger partial charge in [0.2, 0.25) is 0 Å². The summed E-state index contributed by atoms with van der Waals surface area (Å²) in [5, 5.41) is 5.91. The molecule has 0 atom stereocenters. The lowest BCUT2D eigenvalue weighted by molar-refractivity contribution is 0.0977. The number of hydrogen-bond acceptors (Lipinski definition) is 4. The molecule has 5 nitrogen and oxygen atoms in total. The van der Waals surface area contributed by atoms with Gasteiger partial charge in [-0.3, -0.25) is 10.1 Å². The first-order valence-electron chi connectivity index (χ1n) is 8.08. The predicted molar refractivity (Wildman–Crippen MR) is 116 cm³/mol. The molecule has 138 valence electrons. The molecule has 1 amide bonds. The standard InChI is InChI=1S/C19H21IN2O3S/c1-12(2)11-25-17-7-5-4-6-15(17)21-19(26)22-18(23)13-8-9-16(24-3)14(20)10-13/h4-10,12H,11H2,1-3H3,(H2,21,22,23,26). The van der Waals surface area contributed by atoms with Gasteiger partial charge in [0, 0.05) is 5.56 Å². The average molecular weight is 484 g/mol. The van der Waals surface area contributed by atoms with Crippen molar-refractivity contribution < 1.29 is 14.3 Å². The van der Waals surface area contributed by atoms with Crippen molar-refractivity contribution in [2.45, 2.75) is 13.8 Å². The number of para-hydroxylation sites is 2. The Kier molecular flexibility index (Phi) is 7.65. The minimum absolute atomic E-state index is 0.210. The predicted octanol–water partition coefficient (Wildman–Crippen LogP) is 4.46. The second-order valence-electron chi connectivity index (χ2n) is 5.96. The highest BCUT2D eigenvalue weighted by molar-refractivity contribution is 14.1. The van der Waals surface area contributed by atoms with Crippen LogP contribution < -0.4 is 20.1 Å². The summed E-state index contributed by atoms with van der Waals surface area (Å²) < 4.78 is 11.8. The van der Waals surface area contributed by atoms with Crippen molar-refractivity contribution in [2.24, 2.45) is 5.92 Å². The summed E-state index contributed by atoms with van der Waals surface area (Å²) in [5.41, 5.74) is 1.21. The van der Waals surface area contributed by atoms with Crippen LogP contribution in [0.25, 0.3) is 0 Å². The van der Waals surface area contributed by atoms with Gasteiger partial charge >= 0.3 is 0 Å². The van der Waals surface area contributed by atoms with Crippen LogP contribution in [-0.2, 0) is 0 Å². The van der Waals surface area contributed by atoms with Crippen LogP contribution in [0.5, 0.6) is 11.5 Å². The van der Waals surface area contributed by atoms with E-state index in [9.17, 15) is 4.79 Å². The van der Waals surface area contributed by atoms with Crippen LogP contribution in [0.15, 0.2) is 42.5 Å². The molecule has 0 bridgehead atoms. The zero-order valence-corrected chi connectivity index (χ0v) is 17.8. The number of rotatable bonds is 6. The third kappa shape index (κ3) is 5.84. The second-order valence-corrected chi connectivity index (χ2v) is 7.53. The molecule has 0 saturated carbocycles. The molecule has 0 aliphatic heterocycles. The lowest BCUT2D eigenvalue weighted by Gasteiger charge is -2.15. The lowest BCUT2D eigenvalue weighted by atomic mass is 10.2. The van der Waals surface area contributed by atoms with Gasteiger partial charge in [0.05, 0.1) is 23.0 Å². The highest BCUT2D eigenvalue weighted by Crippen LogP contribution is 2.24. The van der Waals surface area contributed by atoms with Crippen LogP contribution in [0.1, 0.15) is 24.2 Å². The third-order valence-electron chi connectivity index (χ3n) is 3.35. The summed E-state index contributed by atoms with van der Waals surface area (Å²) in [6, 6.07) is 12.7. The summed E-state index contributed by atoms with van der Waals surface area (Å²) in [6.07, 6.45) is 0. The van der Waals surface area contributed by atoms with E-state index < -0.39 is 0 Å². The van der Waals surface area contributed by atoms with E-state index in [2.05, 4.69) is 47.1 Å². The van der Waals surface area contributed by atoms with Gasteiger partial charge in [0.1, 0.15) is 11.5 Å². The second kappa shape index (κ2) is 9.72. The van der Waals surface area contributed by atoms with Crippen molar-refractivity contribution in [2.75, 3.05) is 19.0 Å². The highest BCUT2D eigenvalue weighted by Gasteiger charge is 2.12. The molecule has 0 spiro atoms. The molecular weight excluding hydrogens is 463 g/mol. The fraction of sp³-hybridized carbons (Fsp3) is 0.263. The maximum Gasteiger partial charge on any atom is 0.257 e. The van der Waals surface area contributed by atoms with Crippen molar-refractivity contribution in [3.8, 4) is 11.5 Å². The topological polar surface area (TPSA) is 59.6 Å². The van der Waals surface area contributed by atoms with Gasteiger partial charge < -0.3 is 14.8 Å². The number of amides is 1. The van der Waals surface area contributed by atoms with E-state index >= 15 is 0 Å². The molecule has 26 heavy (non-hydrogen) atoms. The summed E-state index contributed by atoms with van der Waals surface area (Å²) in [4.78, 5) is 12.4. The van der Waals surface area contributed by atoms with Crippen molar-refractivity contribution in [3.63, 3.8) is 0 Å². The van der Waals surface area contributed by atoms with Crippen LogP contribution in [-0.4, -0.2) is 24.7 Å². The molecule has 0 heterocycles. The third-order valence-corrected chi connectivity index (χ3v) is 4.40. The van der Waals surface area contributed by atoms with Crippen LogP contribution in [0.2, 0.25) is 0 Å². The van der Waals surface area contributed by atoms with E-state index in [0.717, 1.165) is 9.32 Å². The molecule has 0 aromatic heterocycles. The summed E-state index contributed by atoms with van der Waals surface area (Å²) in [5.74, 6) is 1.53. The summed E-state index contributed by atoms with van der Waals surface area (Å²) in [7, 11) is 1.59. The number of carbonyl (C=O) groups excluding carboxylic acids is 1. The smallest absolute Gasteiger partial charge is 0.257 e. The lowest BCUT2D eigenvalue weighted by Crippen LogP contribution is -2.34. The average Bonchev–Trinajstić information content (AvgIpc) is 2.60. The van der Waals surface area contributed by atoms with Gasteiger partial charge in [-0.2, -0.15) is 0 Å². The fourth-order valence-electron chi connectivity index (χ4n) is 2.09. The Labute approximate surface area is 172 Å². The first-order chi connectivity index (χ1) is 12.4. The number of thiocarbonyl (C=S) groups is 1. The zero-order chi connectivity index (χ0) is 19.1. The van der Waals surface area contributed by atoms with Crippen molar-refractivity contribution in [3.05, 3.63) is 51.6 Å². The number of hydrogen-bond donors (Lipinski definition) is 2. The van der Waals surface area contributed by atoms with Crippen LogP contribution in [0.4, 0.5) is 5.69 Å². The minimum Gasteiger partial charge on any atom is -0.496 e. The van der Waals surface area contributed by atoms with Gasteiger partial charge in [-0.25, -0.2) is 0 Å². The molecule has 2 N–H and O–H groups in total. The zero-order valence-electron chi connectivity index (χ0n) is 14.8. The summed E-state index contributed by atoms with van der Waals surface area (Å²) >= 11 is 7.38. The van der Waals surface area contributed by atoms with Gasteiger partial charge in [0.15, 0.2) is 5.11 Å². The van der Waals surface area contributed by atoms with E-state index in [1.165, 1.54) is 0 Å². The first-order valence-corrected chi connectivity index (χ1v) is 9.57. The monoisotopic (exact) mass is 484 g/mol. The van der Waals surface area contributed by atoms with Gasteiger partial charge in [-0.05, 0) is 71.1 Å². The molecule has 2 rings (SSSR count). The number of anilines is 1. The maximum atomic E-state index is 12.4. The number of benzene rings is 2. The van der Waals surface area contributed by atoms with Gasteiger partial charge in [0.25, 0.3) is 5.91 Å². The highest BCUT2D eigenvalue weighted by atomic mass is 127. The Morgan fingerprint density at radius 2 is 1.92 bits per heavy atom. The summed E-state index contributed by atoms with van der Waals surface area (Å²) in [6.45, 7) is 4.76. The quantitative estimate of drug-likeness (QED) is 0.469. The van der Waals surface area contributed by atoms with E-state index in [-0.39, 0.29) is 11.0 Å². The molecular formula is C19H21IN2O3S. The Morgan fingerprint density at radius 3 is 2.58 bits per heavy atom. The number of methoxy groups -OCH3 is 1. The van der Waals surface area contributed by atoms with Crippen LogP contribution >= 0.6 is 34.8 Å². The Morgan fingerprint density at radius 1 is 1.19 bits per heavy atom. The van der Waals surface area contributed by atoms with Crippen molar-refractivity contribution in [1.82, 2.24) is 5.32 Å². The minimum atomic E-state index is -0.288. The van der Waals surface area contributed by atoms with Crippen molar-refractivity contribution in [1.29, 1.82) is 0 Å². The van der Waals surface area contributed by atoms with E-state index in [0.29, 0.717) is 29.5 Å². The number of ether oxygens (including phenoxy) is 2. The Hall–Kier alpha value is -1.87. The SMILES string of the molecule is COc1ccc(C(=O)NC(=S)Nc2ccccc2OCC(C)C)cc1I. The first kappa shape index (κ1) is 20.4. The molecule has 0 fully saturated rings. The van der Waals surface area contributed by atoms with E-state index in [4.69, 9.17) is 21.7 Å². The van der Waals surface area contributed by atoms with Crippen molar-refractivity contribution >= 4 is 51.5 Å². The van der Waals surface area contributed by atoms with E-state index in [1.807, 2.05) is 24.3 Å². The Balaban J connectivity index is 2.02. The fourth-order valence-corrected chi connectivity index (χ4v) is 3.03. The number of nitrogens with one attached hydrogen (secondary N) is 2. The molecule has 2 aromatic rings. The Bertz CT molecular complexity index is 796. The molecule has 0 unspecified atom stereocenters. The van der Waals surface area contributed by atoms with E-state index in [1.54, 1.807) is 25.3 Å². The maximum absolute atomic E-state index is 12.4. The normalized spacial score (nSPS) is 10.3. The molecule has 2 aromatic carbocycles. The molecule has 0 aliphatic carbocycles. The molecule has 0 aliphatic rings. The van der Waals surface area contributed by atoms with Gasteiger partial charge in [-0.1, -0.05) is 26.0 Å². The molecule has 0 radical (unpaired) electrons. The van der Waals surface area contributed by atoms with Crippen LogP contribution in [0, 0.1) is 9.49 Å². The number of carbonyl (C=O) groups is 1.